The highest BCUT2D eigenvalue weighted by molar-refractivity contribution is 6.00. The van der Waals surface area contributed by atoms with Crippen LogP contribution in [0.4, 0.5) is 0 Å². The molecule has 1 unspecified atom stereocenters. The fraction of sp³-hybridized carbons (Fsp3) is 0.167. The van der Waals surface area contributed by atoms with Crippen LogP contribution in [0.25, 0.3) is 10.9 Å². The van der Waals surface area contributed by atoms with Gasteiger partial charge < -0.3 is 9.72 Å². The third kappa shape index (κ3) is 1.93. The molecule has 1 aliphatic rings. The van der Waals surface area contributed by atoms with Crippen LogP contribution in [0.5, 0.6) is 5.75 Å². The van der Waals surface area contributed by atoms with E-state index in [4.69, 9.17) is 4.74 Å². The van der Waals surface area contributed by atoms with Crippen LogP contribution in [0.1, 0.15) is 34.0 Å². The summed E-state index contributed by atoms with van der Waals surface area (Å²) in [6.07, 6.45) is 2.11. The average Bonchev–Trinajstić information content (AvgIpc) is 2.92. The van der Waals surface area contributed by atoms with Crippen molar-refractivity contribution in [1.29, 1.82) is 0 Å². The monoisotopic (exact) mass is 277 g/mol. The molecular formula is C18H15NO2. The summed E-state index contributed by atoms with van der Waals surface area (Å²) in [5.41, 5.74) is 3.89. The van der Waals surface area contributed by atoms with Crippen molar-refractivity contribution in [2.75, 3.05) is 0 Å². The normalized spacial score (nSPS) is 17.6. The van der Waals surface area contributed by atoms with E-state index in [1.54, 1.807) is 0 Å². The Kier molecular flexibility index (Phi) is 2.61. The number of para-hydroxylation sites is 1. The third-order valence-corrected chi connectivity index (χ3v) is 4.04. The molecule has 21 heavy (non-hydrogen) atoms. The molecule has 0 bridgehead atoms. The van der Waals surface area contributed by atoms with E-state index < -0.39 is 0 Å². The highest BCUT2D eigenvalue weighted by Gasteiger charge is 2.29. The predicted molar refractivity (Wildman–Crippen MR) is 81.8 cm³/mol. The van der Waals surface area contributed by atoms with E-state index in [1.165, 1.54) is 0 Å². The first kappa shape index (κ1) is 12.2. The fourth-order valence-corrected chi connectivity index (χ4v) is 2.97. The minimum Gasteiger partial charge on any atom is -0.484 e. The number of aryl methyl sites for hydroxylation is 1. The summed E-state index contributed by atoms with van der Waals surface area (Å²) in [6, 6.07) is 13.9. The lowest BCUT2D eigenvalue weighted by Crippen LogP contribution is -2.20. The molecule has 0 fully saturated rings. The van der Waals surface area contributed by atoms with Gasteiger partial charge in [0.15, 0.2) is 5.78 Å². The second kappa shape index (κ2) is 4.48. The van der Waals surface area contributed by atoms with Gasteiger partial charge in [-0.05, 0) is 25.1 Å². The molecule has 0 radical (unpaired) electrons. The first-order valence-corrected chi connectivity index (χ1v) is 7.09. The van der Waals surface area contributed by atoms with Gasteiger partial charge in [-0.25, -0.2) is 0 Å². The van der Waals surface area contributed by atoms with Gasteiger partial charge in [0.25, 0.3) is 0 Å². The van der Waals surface area contributed by atoms with Crippen molar-refractivity contribution in [3.63, 3.8) is 0 Å². The Labute approximate surface area is 122 Å². The average molecular weight is 277 g/mol. The van der Waals surface area contributed by atoms with Crippen LogP contribution in [0.15, 0.2) is 48.7 Å². The van der Waals surface area contributed by atoms with Crippen LogP contribution in [0.3, 0.4) is 0 Å². The molecule has 4 rings (SSSR count). The van der Waals surface area contributed by atoms with Crippen LogP contribution >= 0.6 is 0 Å². The molecule has 0 saturated carbocycles. The van der Waals surface area contributed by atoms with Crippen LogP contribution in [0.2, 0.25) is 0 Å². The number of ketones is 1. The lowest BCUT2D eigenvalue weighted by atomic mass is 9.95. The van der Waals surface area contributed by atoms with E-state index in [9.17, 15) is 4.79 Å². The molecular weight excluding hydrogens is 262 g/mol. The molecule has 1 aliphatic heterocycles. The lowest BCUT2D eigenvalue weighted by molar-refractivity contribution is 0.0851. The number of nitrogens with one attached hydrogen (secondary N) is 1. The molecule has 2 heterocycles. The maximum absolute atomic E-state index is 12.4. The minimum atomic E-state index is -0.219. The van der Waals surface area contributed by atoms with Gasteiger partial charge in [-0.3, -0.25) is 4.79 Å². The van der Waals surface area contributed by atoms with Gasteiger partial charge >= 0.3 is 0 Å². The molecule has 1 atom stereocenters. The van der Waals surface area contributed by atoms with E-state index in [0.717, 1.165) is 22.0 Å². The number of hydrogen-bond acceptors (Lipinski definition) is 2. The Hall–Kier alpha value is -2.55. The van der Waals surface area contributed by atoms with Crippen LogP contribution in [0, 0.1) is 6.92 Å². The molecule has 2 aromatic carbocycles. The van der Waals surface area contributed by atoms with E-state index in [-0.39, 0.29) is 11.9 Å². The zero-order valence-electron chi connectivity index (χ0n) is 11.7. The standard InChI is InChI=1S/C18H15NO2/c1-11-6-7-17-13(8-11)16(20)9-18(21-17)14-10-19-15-5-3-2-4-12(14)15/h2-8,10,18-19H,9H2,1H3. The summed E-state index contributed by atoms with van der Waals surface area (Å²) in [7, 11) is 0. The molecule has 0 spiro atoms. The van der Waals surface area contributed by atoms with Gasteiger partial charge in [0.1, 0.15) is 11.9 Å². The molecule has 1 N–H and O–H groups in total. The van der Waals surface area contributed by atoms with Gasteiger partial charge in [0.2, 0.25) is 0 Å². The Morgan fingerprint density at radius 3 is 2.95 bits per heavy atom. The largest absolute Gasteiger partial charge is 0.484 e. The van der Waals surface area contributed by atoms with Gasteiger partial charge in [-0.15, -0.1) is 0 Å². The first-order chi connectivity index (χ1) is 10.2. The summed E-state index contributed by atoms with van der Waals surface area (Å²) in [5.74, 6) is 0.836. The molecule has 0 aliphatic carbocycles. The maximum Gasteiger partial charge on any atom is 0.170 e. The Bertz CT molecular complexity index is 847. The van der Waals surface area contributed by atoms with Crippen molar-refractivity contribution < 1.29 is 9.53 Å². The number of rotatable bonds is 1. The number of ether oxygens (including phenoxy) is 1. The number of aromatic amines is 1. The summed E-state index contributed by atoms with van der Waals surface area (Å²) >= 11 is 0. The Balaban J connectivity index is 1.78. The van der Waals surface area contributed by atoms with E-state index >= 15 is 0 Å². The lowest BCUT2D eigenvalue weighted by Gasteiger charge is -2.25. The zero-order valence-corrected chi connectivity index (χ0v) is 11.7. The van der Waals surface area contributed by atoms with Gasteiger partial charge in [0.05, 0.1) is 12.0 Å². The molecule has 1 aromatic heterocycles. The highest BCUT2D eigenvalue weighted by atomic mass is 16.5. The Morgan fingerprint density at radius 2 is 2.05 bits per heavy atom. The molecule has 104 valence electrons. The van der Waals surface area contributed by atoms with E-state index in [1.807, 2.05) is 49.5 Å². The predicted octanol–water partition coefficient (Wildman–Crippen LogP) is 4.18. The number of aromatic nitrogens is 1. The number of carbonyl (C=O) groups excluding carboxylic acids is 1. The number of Topliss-reactive ketones (excluding diaryl/α,β-unsaturated/α-hetero) is 1. The van der Waals surface area contributed by atoms with Crippen molar-refractivity contribution in [2.24, 2.45) is 0 Å². The summed E-state index contributed by atoms with van der Waals surface area (Å²) in [5, 5.41) is 1.12. The smallest absolute Gasteiger partial charge is 0.170 e. The molecule has 0 amide bonds. The number of H-pyrrole nitrogens is 1. The maximum atomic E-state index is 12.4. The zero-order chi connectivity index (χ0) is 14.4. The molecule has 3 heteroatoms. The molecule has 3 nitrogen and oxygen atoms in total. The quantitative estimate of drug-likeness (QED) is 0.725. The van der Waals surface area contributed by atoms with Crippen LogP contribution < -0.4 is 4.74 Å². The second-order valence-electron chi connectivity index (χ2n) is 5.52. The van der Waals surface area contributed by atoms with Crippen LogP contribution in [-0.2, 0) is 0 Å². The van der Waals surface area contributed by atoms with Crippen molar-refractivity contribution in [3.05, 3.63) is 65.4 Å². The molecule has 3 aromatic rings. The number of hydrogen-bond donors (Lipinski definition) is 1. The van der Waals surface area contributed by atoms with E-state index in [2.05, 4.69) is 11.1 Å². The third-order valence-electron chi connectivity index (χ3n) is 4.04. The van der Waals surface area contributed by atoms with Gasteiger partial charge in [0, 0.05) is 22.7 Å². The Morgan fingerprint density at radius 1 is 1.19 bits per heavy atom. The topological polar surface area (TPSA) is 42.1 Å². The van der Waals surface area contributed by atoms with E-state index in [0.29, 0.717) is 17.7 Å². The number of carbonyl (C=O) groups is 1. The van der Waals surface area contributed by atoms with Crippen molar-refractivity contribution in [1.82, 2.24) is 4.98 Å². The van der Waals surface area contributed by atoms with Crippen molar-refractivity contribution in [3.8, 4) is 5.75 Å². The van der Waals surface area contributed by atoms with Crippen molar-refractivity contribution in [2.45, 2.75) is 19.4 Å². The summed E-state index contributed by atoms with van der Waals surface area (Å²) in [4.78, 5) is 15.6. The molecule has 0 saturated heterocycles. The van der Waals surface area contributed by atoms with Gasteiger partial charge in [-0.1, -0.05) is 29.8 Å². The van der Waals surface area contributed by atoms with Crippen molar-refractivity contribution >= 4 is 16.7 Å². The minimum absolute atomic E-state index is 0.148. The fourth-order valence-electron chi connectivity index (χ4n) is 2.97. The van der Waals surface area contributed by atoms with Crippen LogP contribution in [-0.4, -0.2) is 10.8 Å². The second-order valence-corrected chi connectivity index (χ2v) is 5.52. The summed E-state index contributed by atoms with van der Waals surface area (Å²) < 4.78 is 6.07. The first-order valence-electron chi connectivity index (χ1n) is 7.09. The number of benzene rings is 2. The van der Waals surface area contributed by atoms with Gasteiger partial charge in [-0.2, -0.15) is 0 Å². The SMILES string of the molecule is Cc1ccc2c(c1)C(=O)CC(c1c[nH]c3ccccc13)O2. The highest BCUT2D eigenvalue weighted by Crippen LogP contribution is 2.37. The number of fused-ring (bicyclic) bond motifs is 2. The summed E-state index contributed by atoms with van der Waals surface area (Å²) in [6.45, 7) is 1.99.